The van der Waals surface area contributed by atoms with Gasteiger partial charge >= 0.3 is 0 Å². The first-order valence-electron chi connectivity index (χ1n) is 26.0. The average Bonchev–Trinajstić information content (AvgIpc) is 3.23. The highest BCUT2D eigenvalue weighted by atomic mass is 31.2. The van der Waals surface area contributed by atoms with Crippen LogP contribution in [0, 0.1) is 0 Å². The lowest BCUT2D eigenvalue weighted by Crippen LogP contribution is -2.45. The van der Waals surface area contributed by atoms with Gasteiger partial charge in [0.25, 0.3) is 7.82 Å². The number of hydrogen-bond acceptors (Lipinski definition) is 6. The molecule has 0 aliphatic carbocycles. The van der Waals surface area contributed by atoms with Crippen molar-refractivity contribution in [2.75, 3.05) is 40.9 Å². The van der Waals surface area contributed by atoms with Crippen molar-refractivity contribution in [3.05, 3.63) is 48.6 Å². The first-order chi connectivity index (χ1) is 30.0. The maximum atomic E-state index is 12.9. The highest BCUT2D eigenvalue weighted by Gasteiger charge is 2.23. The van der Waals surface area contributed by atoms with Crippen molar-refractivity contribution in [2.45, 2.75) is 244 Å². The van der Waals surface area contributed by atoms with E-state index in [1.807, 2.05) is 27.2 Å². The Hall–Kier alpha value is -1.54. The molecule has 0 bridgehead atoms. The number of aliphatic hydroxyl groups excluding tert-OH is 1. The monoisotopic (exact) mass is 893 g/mol. The molecule has 0 aromatic rings. The lowest BCUT2D eigenvalue weighted by Gasteiger charge is -2.29. The molecule has 62 heavy (non-hydrogen) atoms. The molecule has 0 radical (unpaired) electrons. The molecule has 0 saturated heterocycles. The first kappa shape index (κ1) is 60.5. The molecule has 0 rings (SSSR count). The van der Waals surface area contributed by atoms with Gasteiger partial charge in [-0.2, -0.15) is 0 Å². The molecule has 0 saturated carbocycles. The van der Waals surface area contributed by atoms with Crippen LogP contribution >= 0.6 is 7.82 Å². The molecule has 0 heterocycles. The van der Waals surface area contributed by atoms with Gasteiger partial charge in [0.1, 0.15) is 13.2 Å². The smallest absolute Gasteiger partial charge is 0.268 e. The Morgan fingerprint density at radius 3 is 1.44 bits per heavy atom. The number of likely N-dealkylation sites (N-methyl/N-ethyl adjacent to an activating group) is 1. The third-order valence-electron chi connectivity index (χ3n) is 11.5. The van der Waals surface area contributed by atoms with E-state index >= 15 is 0 Å². The number of nitrogens with one attached hydrogen (secondary N) is 1. The minimum absolute atomic E-state index is 0.00803. The van der Waals surface area contributed by atoms with Crippen molar-refractivity contribution < 1.29 is 32.9 Å². The molecule has 9 heteroatoms. The standard InChI is InChI=1S/C53H101N2O6P/c1-6-8-10-12-14-16-18-20-21-22-23-24-25-26-27-28-29-30-31-32-33-35-36-38-40-42-44-46-52(56)51(50-61-62(58,59)60-49-48-55(3,4)5)54-53(57)47-45-43-41-39-37-34-19-17-15-13-11-9-7-2/h9,11,15,17,34,37,44,46,51-52,56H,6-8,10,12-14,16,18-33,35-36,38-43,45,47-50H2,1-5H3,(H-,54,57,58,59)/b11-9-,17-15-,37-34-,46-44+. The zero-order chi connectivity index (χ0) is 45.7. The molecular weight excluding hydrogens is 792 g/mol. The van der Waals surface area contributed by atoms with Gasteiger partial charge in [-0.05, 0) is 51.4 Å². The molecule has 2 N–H and O–H groups in total. The van der Waals surface area contributed by atoms with E-state index in [2.05, 4.69) is 55.6 Å². The summed E-state index contributed by atoms with van der Waals surface area (Å²) < 4.78 is 23.2. The highest BCUT2D eigenvalue weighted by molar-refractivity contribution is 7.45. The molecule has 8 nitrogen and oxygen atoms in total. The lowest BCUT2D eigenvalue weighted by atomic mass is 10.0. The summed E-state index contributed by atoms with van der Waals surface area (Å²) in [6, 6.07) is -0.902. The second kappa shape index (κ2) is 44.7. The summed E-state index contributed by atoms with van der Waals surface area (Å²) in [5.74, 6) is -0.226. The lowest BCUT2D eigenvalue weighted by molar-refractivity contribution is -0.870. The number of carbonyl (C=O) groups excluding carboxylic acids is 1. The topological polar surface area (TPSA) is 108 Å². The summed E-state index contributed by atoms with van der Waals surface area (Å²) in [6.45, 7) is 4.52. The fraction of sp³-hybridized carbons (Fsp3) is 0.830. The summed E-state index contributed by atoms with van der Waals surface area (Å²) >= 11 is 0. The van der Waals surface area contributed by atoms with E-state index in [1.54, 1.807) is 6.08 Å². The number of allylic oxidation sites excluding steroid dienone is 7. The number of carbonyl (C=O) groups is 1. The summed E-state index contributed by atoms with van der Waals surface area (Å²) in [4.78, 5) is 25.3. The van der Waals surface area contributed by atoms with Gasteiger partial charge in [0.15, 0.2) is 0 Å². The third-order valence-corrected chi connectivity index (χ3v) is 12.5. The van der Waals surface area contributed by atoms with Crippen LogP contribution in [0.2, 0.25) is 0 Å². The largest absolute Gasteiger partial charge is 0.756 e. The van der Waals surface area contributed by atoms with E-state index in [1.165, 1.54) is 148 Å². The molecule has 0 aromatic carbocycles. The minimum Gasteiger partial charge on any atom is -0.756 e. The Bertz CT molecular complexity index is 1150. The number of unbranched alkanes of at least 4 members (excludes halogenated alkanes) is 28. The Morgan fingerprint density at radius 1 is 0.581 bits per heavy atom. The van der Waals surface area contributed by atoms with Gasteiger partial charge in [-0.1, -0.05) is 223 Å². The Kier molecular flexibility index (Phi) is 43.5. The van der Waals surface area contributed by atoms with E-state index in [0.29, 0.717) is 17.4 Å². The van der Waals surface area contributed by atoms with Crippen molar-refractivity contribution >= 4 is 13.7 Å². The Morgan fingerprint density at radius 2 is 0.984 bits per heavy atom. The molecule has 3 atom stereocenters. The number of aliphatic hydroxyl groups is 1. The van der Waals surface area contributed by atoms with Crippen LogP contribution in [0.25, 0.3) is 0 Å². The number of phosphoric ester groups is 1. The maximum Gasteiger partial charge on any atom is 0.268 e. The van der Waals surface area contributed by atoms with Crippen molar-refractivity contribution in [1.82, 2.24) is 5.32 Å². The van der Waals surface area contributed by atoms with Gasteiger partial charge in [-0.3, -0.25) is 9.36 Å². The van der Waals surface area contributed by atoms with Gasteiger partial charge in [-0.25, -0.2) is 0 Å². The SMILES string of the molecule is CC/C=C\C/C=C\C/C=C\CCCCCC(=O)NC(COP(=O)([O-])OCC[N+](C)(C)C)C(O)/C=C/CCCCCCCCCCCCCCCCCCCCCCCCCCC. The molecular formula is C53H101N2O6P. The van der Waals surface area contributed by atoms with Crippen LogP contribution in [0.5, 0.6) is 0 Å². The predicted molar refractivity (Wildman–Crippen MR) is 265 cm³/mol. The van der Waals surface area contributed by atoms with Crippen molar-refractivity contribution in [3.63, 3.8) is 0 Å². The molecule has 3 unspecified atom stereocenters. The quantitative estimate of drug-likeness (QED) is 0.0273. The van der Waals surface area contributed by atoms with Gasteiger partial charge < -0.3 is 28.8 Å². The predicted octanol–water partition coefficient (Wildman–Crippen LogP) is 14.6. The van der Waals surface area contributed by atoms with Gasteiger partial charge in [0, 0.05) is 6.42 Å². The summed E-state index contributed by atoms with van der Waals surface area (Å²) in [5, 5.41) is 13.8. The summed E-state index contributed by atoms with van der Waals surface area (Å²) in [5.41, 5.74) is 0. The number of nitrogens with zero attached hydrogens (tertiary/aromatic N) is 1. The average molecular weight is 893 g/mol. The van der Waals surface area contributed by atoms with Crippen LogP contribution in [0.4, 0.5) is 0 Å². The van der Waals surface area contributed by atoms with E-state index in [4.69, 9.17) is 9.05 Å². The maximum absolute atomic E-state index is 12.9. The van der Waals surface area contributed by atoms with Crippen LogP contribution < -0.4 is 10.2 Å². The Labute approximate surface area is 384 Å². The van der Waals surface area contributed by atoms with Crippen molar-refractivity contribution in [1.29, 1.82) is 0 Å². The van der Waals surface area contributed by atoms with Gasteiger partial charge in [-0.15, -0.1) is 0 Å². The molecule has 0 fully saturated rings. The number of rotatable bonds is 47. The first-order valence-corrected chi connectivity index (χ1v) is 27.5. The van der Waals surface area contributed by atoms with Gasteiger partial charge in [0.2, 0.25) is 5.91 Å². The Balaban J connectivity index is 4.20. The molecule has 0 aromatic heterocycles. The zero-order valence-corrected chi connectivity index (χ0v) is 42.2. The number of phosphoric acid groups is 1. The number of amides is 1. The number of hydrogen-bond donors (Lipinski definition) is 2. The van der Waals surface area contributed by atoms with E-state index in [0.717, 1.165) is 64.2 Å². The summed E-state index contributed by atoms with van der Waals surface area (Å²) in [7, 11) is 1.24. The van der Waals surface area contributed by atoms with Crippen molar-refractivity contribution in [3.8, 4) is 0 Å². The zero-order valence-electron chi connectivity index (χ0n) is 41.3. The van der Waals surface area contributed by atoms with Crippen LogP contribution in [0.3, 0.4) is 0 Å². The molecule has 364 valence electrons. The highest BCUT2D eigenvalue weighted by Crippen LogP contribution is 2.38. The van der Waals surface area contributed by atoms with E-state index in [9.17, 15) is 19.4 Å². The fourth-order valence-electron chi connectivity index (χ4n) is 7.46. The van der Waals surface area contributed by atoms with E-state index < -0.39 is 26.6 Å². The van der Waals surface area contributed by atoms with Crippen molar-refractivity contribution in [2.24, 2.45) is 0 Å². The minimum atomic E-state index is -4.60. The molecule has 0 spiro atoms. The molecule has 0 aliphatic heterocycles. The van der Waals surface area contributed by atoms with Crippen LogP contribution in [-0.4, -0.2) is 68.5 Å². The van der Waals surface area contributed by atoms with Crippen LogP contribution in [-0.2, 0) is 18.4 Å². The van der Waals surface area contributed by atoms with Gasteiger partial charge in [0.05, 0.1) is 39.9 Å². The fourth-order valence-corrected chi connectivity index (χ4v) is 8.19. The van der Waals surface area contributed by atoms with Crippen LogP contribution in [0.1, 0.15) is 232 Å². The second-order valence-electron chi connectivity index (χ2n) is 18.9. The van der Waals surface area contributed by atoms with Crippen LogP contribution in [0.15, 0.2) is 48.6 Å². The van der Waals surface area contributed by atoms with E-state index in [-0.39, 0.29) is 12.5 Å². The third kappa shape index (κ3) is 46.5. The number of quaternary nitrogens is 1. The molecule has 0 aliphatic rings. The molecule has 1 amide bonds. The second-order valence-corrected chi connectivity index (χ2v) is 20.3. The summed E-state index contributed by atoms with van der Waals surface area (Å²) in [6.07, 6.45) is 57.6. The normalized spacial score (nSPS) is 14.5.